The van der Waals surface area contributed by atoms with Crippen molar-refractivity contribution >= 4 is 17.6 Å². The summed E-state index contributed by atoms with van der Waals surface area (Å²) in [5, 5.41) is 10.8. The van der Waals surface area contributed by atoms with E-state index in [2.05, 4.69) is 0 Å². The highest BCUT2D eigenvalue weighted by atomic mass is 16.6. The molecule has 1 aromatic carbocycles. The van der Waals surface area contributed by atoms with Crippen molar-refractivity contribution in [3.05, 3.63) is 39.4 Å². The van der Waals surface area contributed by atoms with Gasteiger partial charge in [-0.3, -0.25) is 19.7 Å². The van der Waals surface area contributed by atoms with Gasteiger partial charge in [0.15, 0.2) is 0 Å². The predicted octanol–water partition coefficient (Wildman–Crippen LogP) is 1.54. The van der Waals surface area contributed by atoms with Gasteiger partial charge in [-0.05, 0) is 25.5 Å². The molecule has 7 heteroatoms. The number of carbonyl (C=O) groups is 2. The zero-order valence-electron chi connectivity index (χ0n) is 11.6. The fourth-order valence-corrected chi connectivity index (χ4v) is 1.68. The van der Waals surface area contributed by atoms with Crippen LogP contribution in [0.1, 0.15) is 22.8 Å². The van der Waals surface area contributed by atoms with E-state index in [1.807, 2.05) is 0 Å². The van der Waals surface area contributed by atoms with Crippen molar-refractivity contribution in [1.29, 1.82) is 0 Å². The molecule has 0 radical (unpaired) electrons. The highest BCUT2D eigenvalue weighted by molar-refractivity contribution is 5.96. The zero-order valence-corrected chi connectivity index (χ0v) is 11.6. The minimum atomic E-state index is -0.560. The number of nitro groups is 1. The van der Waals surface area contributed by atoms with Crippen molar-refractivity contribution in [3.63, 3.8) is 0 Å². The Hall–Kier alpha value is -2.44. The molecule has 108 valence electrons. The SMILES string of the molecule is CCOC(=O)CN(C)C(=O)c1cc(C)cc([N+](=O)[O-])c1. The average Bonchev–Trinajstić information content (AvgIpc) is 2.37. The predicted molar refractivity (Wildman–Crippen MR) is 71.4 cm³/mol. The van der Waals surface area contributed by atoms with Gasteiger partial charge in [0.25, 0.3) is 11.6 Å². The van der Waals surface area contributed by atoms with Gasteiger partial charge in [0, 0.05) is 24.7 Å². The number of benzene rings is 1. The Balaban J connectivity index is 2.91. The van der Waals surface area contributed by atoms with Gasteiger partial charge in [0.05, 0.1) is 11.5 Å². The summed E-state index contributed by atoms with van der Waals surface area (Å²) in [6, 6.07) is 4.11. The Kier molecular flexibility index (Phi) is 5.19. The van der Waals surface area contributed by atoms with Gasteiger partial charge in [-0.15, -0.1) is 0 Å². The second kappa shape index (κ2) is 6.65. The standard InChI is InChI=1S/C13H16N2O5/c1-4-20-12(16)8-14(3)13(17)10-5-9(2)6-11(7-10)15(18)19/h5-7H,4,8H2,1-3H3. The van der Waals surface area contributed by atoms with E-state index in [0.717, 1.165) is 4.90 Å². The van der Waals surface area contributed by atoms with Crippen LogP contribution in [0.2, 0.25) is 0 Å². The summed E-state index contributed by atoms with van der Waals surface area (Å²) in [7, 11) is 1.44. The lowest BCUT2D eigenvalue weighted by Crippen LogP contribution is -2.33. The van der Waals surface area contributed by atoms with E-state index >= 15 is 0 Å². The maximum Gasteiger partial charge on any atom is 0.325 e. The van der Waals surface area contributed by atoms with Gasteiger partial charge in [-0.25, -0.2) is 0 Å². The van der Waals surface area contributed by atoms with E-state index in [1.165, 1.54) is 25.2 Å². The van der Waals surface area contributed by atoms with Crippen LogP contribution >= 0.6 is 0 Å². The molecule has 1 amide bonds. The Morgan fingerprint density at radius 1 is 1.35 bits per heavy atom. The summed E-state index contributed by atoms with van der Waals surface area (Å²) in [4.78, 5) is 34.8. The minimum absolute atomic E-state index is 0.155. The maximum atomic E-state index is 12.1. The van der Waals surface area contributed by atoms with Crippen molar-refractivity contribution in [2.45, 2.75) is 13.8 Å². The van der Waals surface area contributed by atoms with Crippen LogP contribution in [0.3, 0.4) is 0 Å². The summed E-state index contributed by atoms with van der Waals surface area (Å²) < 4.78 is 4.74. The van der Waals surface area contributed by atoms with Crippen LogP contribution in [0.5, 0.6) is 0 Å². The molecular weight excluding hydrogens is 264 g/mol. The molecule has 0 unspecified atom stereocenters. The third kappa shape index (κ3) is 4.04. The Morgan fingerprint density at radius 2 is 2.00 bits per heavy atom. The molecule has 1 rings (SSSR count). The monoisotopic (exact) mass is 280 g/mol. The molecule has 7 nitrogen and oxygen atoms in total. The van der Waals surface area contributed by atoms with Crippen molar-refractivity contribution in [2.75, 3.05) is 20.2 Å². The topological polar surface area (TPSA) is 89.8 Å². The number of amides is 1. The van der Waals surface area contributed by atoms with Crippen LogP contribution in [0, 0.1) is 17.0 Å². The second-order valence-corrected chi connectivity index (χ2v) is 4.28. The van der Waals surface area contributed by atoms with E-state index in [-0.39, 0.29) is 24.4 Å². The van der Waals surface area contributed by atoms with Crippen molar-refractivity contribution in [2.24, 2.45) is 0 Å². The normalized spacial score (nSPS) is 9.95. The number of hydrogen-bond donors (Lipinski definition) is 0. The van der Waals surface area contributed by atoms with E-state index in [9.17, 15) is 19.7 Å². The Bertz CT molecular complexity index is 542. The second-order valence-electron chi connectivity index (χ2n) is 4.28. The Labute approximate surface area is 116 Å². The van der Waals surface area contributed by atoms with Crippen LogP contribution in [-0.2, 0) is 9.53 Å². The number of aryl methyl sites for hydroxylation is 1. The molecule has 0 saturated heterocycles. The lowest BCUT2D eigenvalue weighted by Gasteiger charge is -2.16. The highest BCUT2D eigenvalue weighted by Crippen LogP contribution is 2.17. The molecule has 0 aromatic heterocycles. The fraction of sp³-hybridized carbons (Fsp3) is 0.385. The maximum absolute atomic E-state index is 12.1. The number of likely N-dealkylation sites (N-methyl/N-ethyl adjacent to an activating group) is 1. The molecule has 0 bridgehead atoms. The highest BCUT2D eigenvalue weighted by Gasteiger charge is 2.18. The van der Waals surface area contributed by atoms with Gasteiger partial charge in [0.2, 0.25) is 0 Å². The summed E-state index contributed by atoms with van der Waals surface area (Å²) in [5.41, 5.74) is 0.619. The quantitative estimate of drug-likeness (QED) is 0.463. The summed E-state index contributed by atoms with van der Waals surface area (Å²) >= 11 is 0. The fourth-order valence-electron chi connectivity index (χ4n) is 1.68. The smallest absolute Gasteiger partial charge is 0.325 e. The third-order valence-corrected chi connectivity index (χ3v) is 2.54. The summed E-state index contributed by atoms with van der Waals surface area (Å²) in [5.74, 6) is -0.990. The van der Waals surface area contributed by atoms with Crippen molar-refractivity contribution < 1.29 is 19.2 Å². The number of hydrogen-bond acceptors (Lipinski definition) is 5. The van der Waals surface area contributed by atoms with Crippen molar-refractivity contribution in [3.8, 4) is 0 Å². The van der Waals surface area contributed by atoms with Crippen LogP contribution in [0.25, 0.3) is 0 Å². The number of non-ortho nitro benzene ring substituents is 1. The first kappa shape index (κ1) is 15.6. The molecule has 0 saturated carbocycles. The lowest BCUT2D eigenvalue weighted by molar-refractivity contribution is -0.384. The molecule has 0 aliphatic carbocycles. The van der Waals surface area contributed by atoms with Crippen molar-refractivity contribution in [1.82, 2.24) is 4.90 Å². The molecule has 0 fully saturated rings. The van der Waals surface area contributed by atoms with Crippen LogP contribution in [0.4, 0.5) is 5.69 Å². The van der Waals surface area contributed by atoms with Crippen LogP contribution < -0.4 is 0 Å². The molecule has 20 heavy (non-hydrogen) atoms. The zero-order chi connectivity index (χ0) is 15.3. The molecule has 0 atom stereocenters. The van der Waals surface area contributed by atoms with E-state index in [1.54, 1.807) is 13.8 Å². The molecular formula is C13H16N2O5. The average molecular weight is 280 g/mol. The van der Waals surface area contributed by atoms with E-state index < -0.39 is 16.8 Å². The number of nitrogens with zero attached hydrogens (tertiary/aromatic N) is 2. The lowest BCUT2D eigenvalue weighted by atomic mass is 10.1. The molecule has 1 aromatic rings. The minimum Gasteiger partial charge on any atom is -0.465 e. The first-order valence-corrected chi connectivity index (χ1v) is 6.02. The molecule has 0 N–H and O–H groups in total. The van der Waals surface area contributed by atoms with Gasteiger partial charge >= 0.3 is 5.97 Å². The van der Waals surface area contributed by atoms with Gasteiger partial charge < -0.3 is 9.64 Å². The summed E-state index contributed by atoms with van der Waals surface area (Å²) in [6.07, 6.45) is 0. The number of carbonyl (C=O) groups excluding carboxylic acids is 2. The number of esters is 1. The third-order valence-electron chi connectivity index (χ3n) is 2.54. The van der Waals surface area contributed by atoms with Crippen LogP contribution in [-0.4, -0.2) is 41.9 Å². The first-order chi connectivity index (χ1) is 9.35. The summed E-state index contributed by atoms with van der Waals surface area (Å²) in [6.45, 7) is 3.37. The van der Waals surface area contributed by atoms with E-state index in [4.69, 9.17) is 4.74 Å². The largest absolute Gasteiger partial charge is 0.465 e. The molecule has 0 heterocycles. The number of rotatable bonds is 5. The number of nitro benzene ring substituents is 1. The van der Waals surface area contributed by atoms with Gasteiger partial charge in [0.1, 0.15) is 6.54 Å². The van der Waals surface area contributed by atoms with Gasteiger partial charge in [-0.1, -0.05) is 0 Å². The molecule has 0 aliphatic heterocycles. The molecule has 0 spiro atoms. The van der Waals surface area contributed by atoms with Crippen LogP contribution in [0.15, 0.2) is 18.2 Å². The Morgan fingerprint density at radius 3 is 2.55 bits per heavy atom. The van der Waals surface area contributed by atoms with Gasteiger partial charge in [-0.2, -0.15) is 0 Å². The number of ether oxygens (including phenoxy) is 1. The van der Waals surface area contributed by atoms with E-state index in [0.29, 0.717) is 5.56 Å². The molecule has 0 aliphatic rings. The first-order valence-electron chi connectivity index (χ1n) is 6.02.